The number of nitrogens with zero attached hydrogens (tertiary/aromatic N) is 1. The first kappa shape index (κ1) is 15.2. The van der Waals surface area contributed by atoms with Gasteiger partial charge in [0.1, 0.15) is 0 Å². The second-order valence-corrected chi connectivity index (χ2v) is 4.29. The average molecular weight is 286 g/mol. The Labute approximate surface area is 115 Å². The van der Waals surface area contributed by atoms with Crippen molar-refractivity contribution in [3.8, 4) is 0 Å². The molecule has 0 aliphatic carbocycles. The summed E-state index contributed by atoms with van der Waals surface area (Å²) in [6, 6.07) is 1.47. The van der Waals surface area contributed by atoms with Gasteiger partial charge in [-0.2, -0.15) is 0 Å². The number of nitrogen functional groups attached to an aromatic ring is 1. The van der Waals surface area contributed by atoms with Gasteiger partial charge >= 0.3 is 0 Å². The zero-order valence-corrected chi connectivity index (χ0v) is 11.0. The minimum absolute atomic E-state index is 0.267. The number of rotatable bonds is 7. The Morgan fingerprint density at radius 2 is 2.11 bits per heavy atom. The van der Waals surface area contributed by atoms with Gasteiger partial charge in [0.05, 0.1) is 10.6 Å². The summed E-state index contributed by atoms with van der Waals surface area (Å²) in [6.07, 6.45) is 3.02. The normalized spacial score (nSPS) is 10.0. The van der Waals surface area contributed by atoms with E-state index in [9.17, 15) is 9.59 Å². The van der Waals surface area contributed by atoms with Gasteiger partial charge in [-0.15, -0.1) is 0 Å². The molecule has 2 amide bonds. The van der Waals surface area contributed by atoms with Crippen molar-refractivity contribution in [2.75, 3.05) is 12.0 Å². The molecule has 0 atom stereocenters. The third-order valence-electron chi connectivity index (χ3n) is 2.38. The highest BCUT2D eigenvalue weighted by molar-refractivity contribution is 6.33. The molecule has 0 saturated carbocycles. The summed E-state index contributed by atoms with van der Waals surface area (Å²) in [5, 5.41) is 2.96. The first-order valence-corrected chi connectivity index (χ1v) is 6.11. The summed E-state index contributed by atoms with van der Waals surface area (Å²) in [5.41, 5.74) is 7.66. The number of pyridine rings is 1. The molecule has 19 heavy (non-hydrogen) atoms. The van der Waals surface area contributed by atoms with E-state index in [0.717, 1.165) is 0 Å². The second kappa shape index (κ2) is 7.55. The Morgan fingerprint density at radius 1 is 1.37 bits per heavy atom. The molecule has 0 saturated heterocycles. The number of hydrogen-bond acceptors (Lipinski definition) is 5. The maximum absolute atomic E-state index is 11.7. The van der Waals surface area contributed by atoms with E-state index in [2.05, 4.69) is 15.7 Å². The van der Waals surface area contributed by atoms with Gasteiger partial charge < -0.3 is 16.5 Å². The lowest BCUT2D eigenvalue weighted by Gasteiger charge is -2.06. The van der Waals surface area contributed by atoms with Crippen molar-refractivity contribution in [3.05, 3.63) is 22.8 Å². The molecule has 0 fully saturated rings. The monoisotopic (exact) mass is 285 g/mol. The second-order valence-electron chi connectivity index (χ2n) is 3.88. The van der Waals surface area contributed by atoms with E-state index in [0.29, 0.717) is 37.2 Å². The highest BCUT2D eigenvalue weighted by Gasteiger charge is 2.08. The summed E-state index contributed by atoms with van der Waals surface area (Å²) in [5.74, 6) is 4.86. The van der Waals surface area contributed by atoms with E-state index >= 15 is 0 Å². The largest absolute Gasteiger partial charge is 0.370 e. The van der Waals surface area contributed by atoms with Gasteiger partial charge in [-0.05, 0) is 18.9 Å². The summed E-state index contributed by atoms with van der Waals surface area (Å²) in [4.78, 5) is 26.1. The third kappa shape index (κ3) is 5.11. The molecule has 1 rings (SSSR count). The first-order valence-electron chi connectivity index (χ1n) is 5.73. The van der Waals surface area contributed by atoms with Gasteiger partial charge in [0, 0.05) is 19.2 Å². The molecule has 7 nitrogen and oxygen atoms in total. The quantitative estimate of drug-likeness (QED) is 0.328. The minimum Gasteiger partial charge on any atom is -0.370 e. The SMILES string of the molecule is NNc1ncc(C(=O)NCCCCC(N)=O)cc1Cl. The van der Waals surface area contributed by atoms with Crippen molar-refractivity contribution in [2.45, 2.75) is 19.3 Å². The van der Waals surface area contributed by atoms with Gasteiger partial charge in [0.2, 0.25) is 5.91 Å². The Morgan fingerprint density at radius 3 is 2.68 bits per heavy atom. The predicted octanol–water partition coefficient (Wildman–Crippen LogP) is 0.406. The number of carbonyl (C=O) groups excluding carboxylic acids is 2. The molecule has 0 aromatic carbocycles. The van der Waals surface area contributed by atoms with Crippen molar-refractivity contribution in [1.82, 2.24) is 10.3 Å². The van der Waals surface area contributed by atoms with Crippen LogP contribution in [0.25, 0.3) is 0 Å². The molecule has 104 valence electrons. The topological polar surface area (TPSA) is 123 Å². The maximum atomic E-state index is 11.7. The number of anilines is 1. The van der Waals surface area contributed by atoms with Crippen molar-refractivity contribution >= 4 is 29.2 Å². The number of carbonyl (C=O) groups is 2. The number of unbranched alkanes of at least 4 members (excludes halogenated alkanes) is 1. The van der Waals surface area contributed by atoms with Gasteiger partial charge in [-0.3, -0.25) is 9.59 Å². The van der Waals surface area contributed by atoms with Crippen LogP contribution in [0.3, 0.4) is 0 Å². The third-order valence-corrected chi connectivity index (χ3v) is 2.66. The number of nitrogens with one attached hydrogen (secondary N) is 2. The van der Waals surface area contributed by atoms with Gasteiger partial charge in [0.15, 0.2) is 5.82 Å². The van der Waals surface area contributed by atoms with Crippen LogP contribution in [-0.4, -0.2) is 23.3 Å². The lowest BCUT2D eigenvalue weighted by molar-refractivity contribution is -0.118. The van der Waals surface area contributed by atoms with E-state index in [1.54, 1.807) is 0 Å². The standard InChI is InChI=1S/C11H16ClN5O2/c12-8-5-7(6-16-10(8)17-14)11(19)15-4-2-1-3-9(13)18/h5-6H,1-4,14H2,(H2,13,18)(H,15,19)(H,16,17). The van der Waals surface area contributed by atoms with Crippen LogP contribution in [0.5, 0.6) is 0 Å². The van der Waals surface area contributed by atoms with Crippen molar-refractivity contribution in [3.63, 3.8) is 0 Å². The van der Waals surface area contributed by atoms with Crippen LogP contribution >= 0.6 is 11.6 Å². The van der Waals surface area contributed by atoms with E-state index in [1.165, 1.54) is 12.3 Å². The van der Waals surface area contributed by atoms with Gasteiger partial charge in [-0.1, -0.05) is 11.6 Å². The zero-order valence-electron chi connectivity index (χ0n) is 10.3. The number of nitrogens with two attached hydrogens (primary N) is 2. The van der Waals surface area contributed by atoms with Crippen LogP contribution in [0, 0.1) is 0 Å². The average Bonchev–Trinajstić information content (AvgIpc) is 2.37. The highest BCUT2D eigenvalue weighted by atomic mass is 35.5. The number of amides is 2. The fourth-order valence-corrected chi connectivity index (χ4v) is 1.62. The number of hydrogen-bond donors (Lipinski definition) is 4. The highest BCUT2D eigenvalue weighted by Crippen LogP contribution is 2.18. The molecule has 0 bridgehead atoms. The summed E-state index contributed by atoms with van der Waals surface area (Å²) in [6.45, 7) is 0.459. The summed E-state index contributed by atoms with van der Waals surface area (Å²) >= 11 is 5.86. The Kier molecular flexibility index (Phi) is 6.04. The van der Waals surface area contributed by atoms with Crippen LogP contribution in [0.1, 0.15) is 29.6 Å². The molecule has 0 aliphatic heterocycles. The molecule has 0 unspecified atom stereocenters. The Balaban J connectivity index is 2.41. The summed E-state index contributed by atoms with van der Waals surface area (Å²) in [7, 11) is 0. The molecular formula is C11H16ClN5O2. The molecular weight excluding hydrogens is 270 g/mol. The molecule has 8 heteroatoms. The van der Waals surface area contributed by atoms with E-state index in [4.69, 9.17) is 23.2 Å². The molecule has 0 spiro atoms. The van der Waals surface area contributed by atoms with Crippen LogP contribution < -0.4 is 22.3 Å². The van der Waals surface area contributed by atoms with Crippen LogP contribution in [0.15, 0.2) is 12.3 Å². The number of aromatic nitrogens is 1. The minimum atomic E-state index is -0.341. The number of hydrazine groups is 1. The lowest BCUT2D eigenvalue weighted by atomic mass is 10.2. The molecule has 0 radical (unpaired) electrons. The molecule has 1 aromatic heterocycles. The summed E-state index contributed by atoms with van der Waals surface area (Å²) < 4.78 is 0. The van der Waals surface area contributed by atoms with Crippen molar-refractivity contribution < 1.29 is 9.59 Å². The van der Waals surface area contributed by atoms with Crippen LogP contribution in [-0.2, 0) is 4.79 Å². The Bertz CT molecular complexity index is 466. The molecule has 1 aromatic rings. The lowest BCUT2D eigenvalue weighted by Crippen LogP contribution is -2.25. The fraction of sp³-hybridized carbons (Fsp3) is 0.364. The molecule has 0 aliphatic rings. The smallest absolute Gasteiger partial charge is 0.252 e. The Hall–Kier alpha value is -1.86. The maximum Gasteiger partial charge on any atom is 0.252 e. The fourth-order valence-electron chi connectivity index (χ4n) is 1.40. The first-order chi connectivity index (χ1) is 9.04. The van der Waals surface area contributed by atoms with E-state index in [-0.39, 0.29) is 16.8 Å². The number of halogens is 1. The van der Waals surface area contributed by atoms with E-state index in [1.807, 2.05) is 0 Å². The van der Waals surface area contributed by atoms with Crippen molar-refractivity contribution in [1.29, 1.82) is 0 Å². The predicted molar refractivity (Wildman–Crippen MR) is 72.4 cm³/mol. The van der Waals surface area contributed by atoms with Crippen LogP contribution in [0.2, 0.25) is 5.02 Å². The van der Waals surface area contributed by atoms with Gasteiger partial charge in [-0.25, -0.2) is 10.8 Å². The van der Waals surface area contributed by atoms with E-state index < -0.39 is 0 Å². The van der Waals surface area contributed by atoms with Gasteiger partial charge in [0.25, 0.3) is 5.91 Å². The number of primary amides is 1. The zero-order chi connectivity index (χ0) is 14.3. The van der Waals surface area contributed by atoms with Crippen LogP contribution in [0.4, 0.5) is 5.82 Å². The van der Waals surface area contributed by atoms with Crippen molar-refractivity contribution in [2.24, 2.45) is 11.6 Å². The molecule has 6 N–H and O–H groups in total. The molecule has 1 heterocycles.